The molecule has 0 spiro atoms. The molecule has 0 radical (unpaired) electrons. The Morgan fingerprint density at radius 2 is 1.61 bits per heavy atom. The molecule has 0 aromatic carbocycles. The van der Waals surface area contributed by atoms with E-state index in [4.69, 9.17) is 15.2 Å². The molecule has 1 saturated carbocycles. The van der Waals surface area contributed by atoms with Crippen molar-refractivity contribution in [2.45, 2.75) is 39.2 Å². The van der Waals surface area contributed by atoms with Crippen LogP contribution in [0.2, 0.25) is 0 Å². The first-order valence-electron chi connectivity index (χ1n) is 7.29. The highest BCUT2D eigenvalue weighted by Gasteiger charge is 2.44. The molecule has 4 nitrogen and oxygen atoms in total. The van der Waals surface area contributed by atoms with Crippen molar-refractivity contribution in [3.63, 3.8) is 0 Å². The van der Waals surface area contributed by atoms with E-state index in [1.54, 1.807) is 0 Å². The van der Waals surface area contributed by atoms with Crippen LogP contribution >= 0.6 is 0 Å². The molecule has 1 fully saturated rings. The third-order valence-corrected chi connectivity index (χ3v) is 4.01. The second kappa shape index (κ2) is 8.10. The largest absolute Gasteiger partial charge is 0.380 e. The molecular formula is C14H30N2O2. The van der Waals surface area contributed by atoms with Gasteiger partial charge in [-0.05, 0) is 39.5 Å². The highest BCUT2D eigenvalue weighted by atomic mass is 16.5. The zero-order valence-electron chi connectivity index (χ0n) is 12.3. The maximum absolute atomic E-state index is 6.03. The van der Waals surface area contributed by atoms with Crippen molar-refractivity contribution in [2.75, 3.05) is 46.1 Å². The first-order chi connectivity index (χ1) is 8.69. The Morgan fingerprint density at radius 1 is 1.11 bits per heavy atom. The van der Waals surface area contributed by atoms with E-state index >= 15 is 0 Å². The predicted molar refractivity (Wildman–Crippen MR) is 74.7 cm³/mol. The lowest BCUT2D eigenvalue weighted by Gasteiger charge is -2.41. The van der Waals surface area contributed by atoms with Crippen LogP contribution in [0.1, 0.15) is 33.6 Å². The van der Waals surface area contributed by atoms with Gasteiger partial charge in [0.2, 0.25) is 0 Å². The molecule has 0 saturated heterocycles. The lowest BCUT2D eigenvalue weighted by atomic mass is 9.93. The zero-order chi connectivity index (χ0) is 13.4. The van der Waals surface area contributed by atoms with Gasteiger partial charge in [0.15, 0.2) is 0 Å². The smallest absolute Gasteiger partial charge is 0.0593 e. The average Bonchev–Trinajstić information content (AvgIpc) is 3.21. The molecule has 1 rings (SSSR count). The van der Waals surface area contributed by atoms with Crippen molar-refractivity contribution in [3.05, 3.63) is 0 Å². The van der Waals surface area contributed by atoms with Gasteiger partial charge in [0.1, 0.15) is 0 Å². The minimum atomic E-state index is 0.119. The molecule has 18 heavy (non-hydrogen) atoms. The number of hydrogen-bond acceptors (Lipinski definition) is 4. The number of nitrogens with two attached hydrogens (primary N) is 1. The Hall–Kier alpha value is -0.160. The molecule has 0 heterocycles. The number of ether oxygens (including phenoxy) is 2. The normalized spacial score (nSPS) is 19.2. The standard InChI is InChI=1S/C14H30N2O2/c1-4-17-10-8-16(9-11-18-5-2)14(3,12-15)13-6-7-13/h13H,4-12,15H2,1-3H3. The van der Waals surface area contributed by atoms with E-state index in [0.29, 0.717) is 0 Å². The molecule has 2 N–H and O–H groups in total. The minimum Gasteiger partial charge on any atom is -0.380 e. The molecule has 108 valence electrons. The third-order valence-electron chi connectivity index (χ3n) is 4.01. The fraction of sp³-hybridized carbons (Fsp3) is 1.00. The van der Waals surface area contributed by atoms with E-state index in [9.17, 15) is 0 Å². The first kappa shape index (κ1) is 15.9. The Morgan fingerprint density at radius 3 is 1.94 bits per heavy atom. The van der Waals surface area contributed by atoms with Crippen molar-refractivity contribution in [1.29, 1.82) is 0 Å². The summed E-state index contributed by atoms with van der Waals surface area (Å²) in [5.74, 6) is 0.755. The molecule has 0 aromatic heterocycles. The van der Waals surface area contributed by atoms with Crippen molar-refractivity contribution in [2.24, 2.45) is 11.7 Å². The summed E-state index contributed by atoms with van der Waals surface area (Å²) in [6.07, 6.45) is 2.63. The van der Waals surface area contributed by atoms with E-state index in [0.717, 1.165) is 52.0 Å². The van der Waals surface area contributed by atoms with Crippen LogP contribution in [0.5, 0.6) is 0 Å². The molecule has 1 atom stereocenters. The Balaban J connectivity index is 2.50. The first-order valence-corrected chi connectivity index (χ1v) is 7.29. The van der Waals surface area contributed by atoms with Crippen LogP contribution in [0.4, 0.5) is 0 Å². The van der Waals surface area contributed by atoms with Gasteiger partial charge in [-0.25, -0.2) is 0 Å². The molecule has 0 bridgehead atoms. The van der Waals surface area contributed by atoms with Crippen LogP contribution in [-0.2, 0) is 9.47 Å². The Labute approximate surface area is 112 Å². The van der Waals surface area contributed by atoms with E-state index in [2.05, 4.69) is 11.8 Å². The monoisotopic (exact) mass is 258 g/mol. The Bertz CT molecular complexity index is 212. The summed E-state index contributed by atoms with van der Waals surface area (Å²) in [4.78, 5) is 2.47. The summed E-state index contributed by atoms with van der Waals surface area (Å²) in [6, 6.07) is 0. The quantitative estimate of drug-likeness (QED) is 0.570. The van der Waals surface area contributed by atoms with Gasteiger partial charge < -0.3 is 15.2 Å². The molecule has 1 unspecified atom stereocenters. The van der Waals surface area contributed by atoms with E-state index in [1.165, 1.54) is 12.8 Å². The topological polar surface area (TPSA) is 47.7 Å². The van der Waals surface area contributed by atoms with Gasteiger partial charge in [-0.1, -0.05) is 0 Å². The van der Waals surface area contributed by atoms with Crippen molar-refractivity contribution in [3.8, 4) is 0 Å². The molecule has 1 aliphatic carbocycles. The summed E-state index contributed by atoms with van der Waals surface area (Å²) < 4.78 is 11.0. The zero-order valence-corrected chi connectivity index (χ0v) is 12.3. The second-order valence-electron chi connectivity index (χ2n) is 5.22. The van der Waals surface area contributed by atoms with Crippen LogP contribution in [0.3, 0.4) is 0 Å². The van der Waals surface area contributed by atoms with Gasteiger partial charge in [0.25, 0.3) is 0 Å². The summed E-state index contributed by atoms with van der Waals surface area (Å²) in [5, 5.41) is 0. The highest BCUT2D eigenvalue weighted by molar-refractivity contribution is 5.00. The summed E-state index contributed by atoms with van der Waals surface area (Å²) in [7, 11) is 0. The van der Waals surface area contributed by atoms with Crippen LogP contribution < -0.4 is 5.73 Å². The molecule has 0 amide bonds. The predicted octanol–water partition coefficient (Wildman–Crippen LogP) is 1.49. The van der Waals surface area contributed by atoms with Crippen LogP contribution in [0.15, 0.2) is 0 Å². The van der Waals surface area contributed by atoms with E-state index in [-0.39, 0.29) is 5.54 Å². The third kappa shape index (κ3) is 4.50. The van der Waals surface area contributed by atoms with Crippen molar-refractivity contribution >= 4 is 0 Å². The second-order valence-corrected chi connectivity index (χ2v) is 5.22. The lowest BCUT2D eigenvalue weighted by Crippen LogP contribution is -2.55. The number of hydrogen-bond donors (Lipinski definition) is 1. The van der Waals surface area contributed by atoms with Gasteiger partial charge in [0.05, 0.1) is 13.2 Å². The summed E-state index contributed by atoms with van der Waals surface area (Å²) >= 11 is 0. The van der Waals surface area contributed by atoms with E-state index < -0.39 is 0 Å². The molecule has 0 aromatic rings. The summed E-state index contributed by atoms with van der Waals surface area (Å²) in [6.45, 7) is 12.1. The van der Waals surface area contributed by atoms with Crippen LogP contribution in [-0.4, -0.2) is 56.5 Å². The van der Waals surface area contributed by atoms with E-state index in [1.807, 2.05) is 13.8 Å². The van der Waals surface area contributed by atoms with Gasteiger partial charge in [-0.2, -0.15) is 0 Å². The summed E-state index contributed by atoms with van der Waals surface area (Å²) in [5.41, 5.74) is 6.15. The molecule has 0 aliphatic heterocycles. The SMILES string of the molecule is CCOCCN(CCOCC)C(C)(CN)C1CC1. The minimum absolute atomic E-state index is 0.119. The fourth-order valence-corrected chi connectivity index (χ4v) is 2.52. The average molecular weight is 258 g/mol. The molecule has 1 aliphatic rings. The molecule has 4 heteroatoms. The Kier molecular flexibility index (Phi) is 7.15. The van der Waals surface area contributed by atoms with Gasteiger partial charge >= 0.3 is 0 Å². The maximum atomic E-state index is 6.03. The molecular weight excluding hydrogens is 228 g/mol. The van der Waals surface area contributed by atoms with Crippen LogP contribution in [0, 0.1) is 5.92 Å². The van der Waals surface area contributed by atoms with Crippen molar-refractivity contribution < 1.29 is 9.47 Å². The lowest BCUT2D eigenvalue weighted by molar-refractivity contribution is 0.0203. The van der Waals surface area contributed by atoms with Gasteiger partial charge in [-0.3, -0.25) is 4.90 Å². The van der Waals surface area contributed by atoms with Crippen molar-refractivity contribution in [1.82, 2.24) is 4.90 Å². The maximum Gasteiger partial charge on any atom is 0.0593 e. The van der Waals surface area contributed by atoms with Gasteiger partial charge in [-0.15, -0.1) is 0 Å². The number of nitrogens with zero attached hydrogens (tertiary/aromatic N) is 1. The highest BCUT2D eigenvalue weighted by Crippen LogP contribution is 2.42. The number of rotatable bonds is 11. The van der Waals surface area contributed by atoms with Crippen LogP contribution in [0.25, 0.3) is 0 Å². The van der Waals surface area contributed by atoms with Gasteiger partial charge in [0, 0.05) is 38.4 Å². The fourth-order valence-electron chi connectivity index (χ4n) is 2.52.